The number of rotatable bonds is 6. The summed E-state index contributed by atoms with van der Waals surface area (Å²) in [7, 11) is 0. The molecule has 98 valence electrons. The second kappa shape index (κ2) is 6.01. The molecule has 1 heterocycles. The molecule has 0 aliphatic heterocycles. The van der Waals surface area contributed by atoms with Crippen LogP contribution in [-0.2, 0) is 6.54 Å². The molecule has 18 heavy (non-hydrogen) atoms. The molecule has 1 aromatic carbocycles. The normalized spacial score (nSPS) is 13.3. The van der Waals surface area contributed by atoms with E-state index in [4.69, 9.17) is 0 Å². The van der Waals surface area contributed by atoms with Crippen molar-refractivity contribution in [3.05, 3.63) is 30.5 Å². The highest BCUT2D eigenvalue weighted by Crippen LogP contribution is 2.14. The number of benzene rings is 1. The van der Waals surface area contributed by atoms with Crippen molar-refractivity contribution in [3.63, 3.8) is 0 Å². The number of para-hydroxylation sites is 1. The molecule has 3 nitrogen and oxygen atoms in total. The van der Waals surface area contributed by atoms with Crippen LogP contribution in [0.3, 0.4) is 0 Å². The van der Waals surface area contributed by atoms with E-state index < -0.39 is 0 Å². The van der Waals surface area contributed by atoms with E-state index in [-0.39, 0.29) is 0 Å². The summed E-state index contributed by atoms with van der Waals surface area (Å²) < 4.78 is 2.11. The molecule has 0 amide bonds. The molecular formula is C15H23N3. The van der Waals surface area contributed by atoms with Crippen molar-refractivity contribution in [2.75, 3.05) is 6.54 Å². The maximum atomic E-state index is 4.50. The molecule has 2 rings (SSSR count). The van der Waals surface area contributed by atoms with E-state index >= 15 is 0 Å². The van der Waals surface area contributed by atoms with Gasteiger partial charge < -0.3 is 5.32 Å². The molecule has 3 heteroatoms. The van der Waals surface area contributed by atoms with Gasteiger partial charge in [-0.1, -0.05) is 39.0 Å². The minimum atomic E-state index is 0.480. The van der Waals surface area contributed by atoms with Gasteiger partial charge in [-0.25, -0.2) is 0 Å². The van der Waals surface area contributed by atoms with E-state index in [0.717, 1.165) is 13.1 Å². The zero-order valence-electron chi connectivity index (χ0n) is 11.6. The summed E-state index contributed by atoms with van der Waals surface area (Å²) in [5, 5.41) is 9.33. The summed E-state index contributed by atoms with van der Waals surface area (Å²) >= 11 is 0. The van der Waals surface area contributed by atoms with Crippen molar-refractivity contribution in [1.29, 1.82) is 0 Å². The summed E-state index contributed by atoms with van der Waals surface area (Å²) in [6, 6.07) is 8.86. The van der Waals surface area contributed by atoms with Gasteiger partial charge in [-0.2, -0.15) is 5.10 Å². The first-order chi connectivity index (χ1) is 8.72. The zero-order valence-corrected chi connectivity index (χ0v) is 11.6. The Bertz CT molecular complexity index is 487. The topological polar surface area (TPSA) is 29.9 Å². The molecule has 1 atom stereocenters. The third kappa shape index (κ3) is 2.91. The first-order valence-electron chi connectivity index (χ1n) is 6.86. The quantitative estimate of drug-likeness (QED) is 0.847. The highest BCUT2D eigenvalue weighted by Gasteiger charge is 2.14. The largest absolute Gasteiger partial charge is 0.312 e. The van der Waals surface area contributed by atoms with Crippen molar-refractivity contribution in [2.45, 2.75) is 39.8 Å². The molecule has 0 aliphatic carbocycles. The monoisotopic (exact) mass is 245 g/mol. The Kier molecular flexibility index (Phi) is 4.37. The Labute approximate surface area is 109 Å². The van der Waals surface area contributed by atoms with Gasteiger partial charge in [0, 0.05) is 11.4 Å². The first kappa shape index (κ1) is 13.1. The van der Waals surface area contributed by atoms with Crippen molar-refractivity contribution in [3.8, 4) is 0 Å². The third-order valence-corrected chi connectivity index (χ3v) is 3.38. The maximum Gasteiger partial charge on any atom is 0.0683 e. The second-order valence-electron chi connectivity index (χ2n) is 5.19. The Morgan fingerprint density at radius 3 is 2.78 bits per heavy atom. The van der Waals surface area contributed by atoms with Crippen molar-refractivity contribution in [1.82, 2.24) is 15.1 Å². The van der Waals surface area contributed by atoms with Gasteiger partial charge in [0.1, 0.15) is 0 Å². The van der Waals surface area contributed by atoms with Crippen LogP contribution in [-0.4, -0.2) is 22.4 Å². The van der Waals surface area contributed by atoms with Crippen LogP contribution in [0.15, 0.2) is 30.5 Å². The predicted molar refractivity (Wildman–Crippen MR) is 76.7 cm³/mol. The fourth-order valence-electron chi connectivity index (χ4n) is 2.20. The summed E-state index contributed by atoms with van der Waals surface area (Å²) in [5.74, 6) is 0.611. The number of hydrogen-bond acceptors (Lipinski definition) is 2. The lowest BCUT2D eigenvalue weighted by atomic mass is 10.0. The van der Waals surface area contributed by atoms with Crippen molar-refractivity contribution >= 4 is 10.9 Å². The van der Waals surface area contributed by atoms with E-state index in [2.05, 4.69) is 60.1 Å². The average Bonchev–Trinajstić information content (AvgIpc) is 2.77. The Morgan fingerprint density at radius 2 is 2.06 bits per heavy atom. The van der Waals surface area contributed by atoms with E-state index in [0.29, 0.717) is 12.0 Å². The first-order valence-corrected chi connectivity index (χ1v) is 6.86. The lowest BCUT2D eigenvalue weighted by Crippen LogP contribution is -2.38. The number of fused-ring (bicyclic) bond motifs is 1. The van der Waals surface area contributed by atoms with Gasteiger partial charge in [0.05, 0.1) is 18.3 Å². The van der Waals surface area contributed by atoms with E-state index in [9.17, 15) is 0 Å². The molecule has 0 saturated heterocycles. The second-order valence-corrected chi connectivity index (χ2v) is 5.19. The molecule has 1 N–H and O–H groups in total. The van der Waals surface area contributed by atoms with Crippen LogP contribution < -0.4 is 5.32 Å². The Morgan fingerprint density at radius 1 is 1.28 bits per heavy atom. The summed E-state index contributed by atoms with van der Waals surface area (Å²) in [5.41, 5.74) is 1.22. The van der Waals surface area contributed by atoms with E-state index in [1.165, 1.54) is 17.3 Å². The van der Waals surface area contributed by atoms with Crippen LogP contribution in [0.25, 0.3) is 10.9 Å². The standard InChI is InChI=1S/C15H23N3/c1-4-9-16-14(12(2)3)11-18-15-8-6-5-7-13(15)10-17-18/h5-8,10,12,14,16H,4,9,11H2,1-3H3. The van der Waals surface area contributed by atoms with Crippen LogP contribution in [0, 0.1) is 5.92 Å². The number of hydrogen-bond donors (Lipinski definition) is 1. The molecule has 0 aliphatic rings. The van der Waals surface area contributed by atoms with Gasteiger partial charge in [-0.15, -0.1) is 0 Å². The number of aromatic nitrogens is 2. The molecule has 1 aromatic heterocycles. The van der Waals surface area contributed by atoms with Gasteiger partial charge in [0.15, 0.2) is 0 Å². The zero-order chi connectivity index (χ0) is 13.0. The van der Waals surface area contributed by atoms with Gasteiger partial charge in [0.2, 0.25) is 0 Å². The SMILES string of the molecule is CCCNC(Cn1ncc2ccccc21)C(C)C. The van der Waals surface area contributed by atoms with Gasteiger partial charge in [-0.05, 0) is 24.9 Å². The highest BCUT2D eigenvalue weighted by atomic mass is 15.3. The summed E-state index contributed by atoms with van der Waals surface area (Å²) in [4.78, 5) is 0. The Balaban J connectivity index is 2.15. The Hall–Kier alpha value is -1.35. The third-order valence-electron chi connectivity index (χ3n) is 3.38. The van der Waals surface area contributed by atoms with E-state index in [1.54, 1.807) is 0 Å². The van der Waals surface area contributed by atoms with Crippen molar-refractivity contribution in [2.24, 2.45) is 5.92 Å². The molecule has 1 unspecified atom stereocenters. The highest BCUT2D eigenvalue weighted by molar-refractivity contribution is 5.78. The fourth-order valence-corrected chi connectivity index (χ4v) is 2.20. The minimum absolute atomic E-state index is 0.480. The van der Waals surface area contributed by atoms with Gasteiger partial charge >= 0.3 is 0 Å². The van der Waals surface area contributed by atoms with E-state index in [1.807, 2.05) is 6.20 Å². The van der Waals surface area contributed by atoms with Crippen LogP contribution in [0.5, 0.6) is 0 Å². The lowest BCUT2D eigenvalue weighted by molar-refractivity contribution is 0.347. The smallest absolute Gasteiger partial charge is 0.0683 e. The molecular weight excluding hydrogens is 222 g/mol. The van der Waals surface area contributed by atoms with Crippen LogP contribution >= 0.6 is 0 Å². The number of nitrogens with zero attached hydrogens (tertiary/aromatic N) is 2. The number of nitrogens with one attached hydrogen (secondary N) is 1. The van der Waals surface area contributed by atoms with Crippen LogP contribution in [0.2, 0.25) is 0 Å². The van der Waals surface area contributed by atoms with Crippen molar-refractivity contribution < 1.29 is 0 Å². The molecule has 0 saturated carbocycles. The molecule has 0 fully saturated rings. The predicted octanol–water partition coefficient (Wildman–Crippen LogP) is 3.06. The summed E-state index contributed by atoms with van der Waals surface area (Å²) in [6.07, 6.45) is 3.12. The summed E-state index contributed by atoms with van der Waals surface area (Å²) in [6.45, 7) is 8.74. The molecule has 0 radical (unpaired) electrons. The molecule has 2 aromatic rings. The van der Waals surface area contributed by atoms with Gasteiger partial charge in [-0.3, -0.25) is 4.68 Å². The van der Waals surface area contributed by atoms with Crippen LogP contribution in [0.1, 0.15) is 27.2 Å². The molecule has 0 spiro atoms. The lowest BCUT2D eigenvalue weighted by Gasteiger charge is -2.22. The van der Waals surface area contributed by atoms with Crippen LogP contribution in [0.4, 0.5) is 0 Å². The fraction of sp³-hybridized carbons (Fsp3) is 0.533. The average molecular weight is 245 g/mol. The van der Waals surface area contributed by atoms with Gasteiger partial charge in [0.25, 0.3) is 0 Å². The minimum Gasteiger partial charge on any atom is -0.312 e. The maximum absolute atomic E-state index is 4.50. The molecule has 0 bridgehead atoms.